The second-order valence-corrected chi connectivity index (χ2v) is 9.80. The number of halogens is 1. The summed E-state index contributed by atoms with van der Waals surface area (Å²) in [7, 11) is 0. The number of para-hydroxylation sites is 1. The molecular weight excluding hydrogens is 472 g/mol. The molecule has 7 heteroatoms. The molecule has 1 aliphatic heterocycles. The molecule has 5 nitrogen and oxygen atoms in total. The van der Waals surface area contributed by atoms with Crippen molar-refractivity contribution in [3.63, 3.8) is 0 Å². The standard InChI is InChI=1S/C24H27BrN4OS/c1-17-5-3-6-18(2)23(17)27-22(30)15-29-11-9-28(10-12-29)14-21-16-31-24(26-21)19-7-4-8-20(25)13-19/h3-8,13,16H,9-12,14-15H2,1-2H3,(H,27,30). The van der Waals surface area contributed by atoms with Crippen molar-refractivity contribution in [2.75, 3.05) is 38.0 Å². The lowest BCUT2D eigenvalue weighted by Gasteiger charge is -2.33. The van der Waals surface area contributed by atoms with Gasteiger partial charge < -0.3 is 5.32 Å². The van der Waals surface area contributed by atoms with Crippen LogP contribution in [0.3, 0.4) is 0 Å². The van der Waals surface area contributed by atoms with Crippen LogP contribution in [0.2, 0.25) is 0 Å². The molecule has 4 rings (SSSR count). The van der Waals surface area contributed by atoms with Gasteiger partial charge in [0.2, 0.25) is 5.91 Å². The maximum atomic E-state index is 12.5. The SMILES string of the molecule is Cc1cccc(C)c1NC(=O)CN1CCN(Cc2csc(-c3cccc(Br)c3)n2)CC1. The first kappa shape index (κ1) is 22.1. The van der Waals surface area contributed by atoms with Crippen molar-refractivity contribution in [1.82, 2.24) is 14.8 Å². The number of anilines is 1. The highest BCUT2D eigenvalue weighted by molar-refractivity contribution is 9.10. The number of aryl methyl sites for hydroxylation is 2. The van der Waals surface area contributed by atoms with Crippen LogP contribution in [0.1, 0.15) is 16.8 Å². The van der Waals surface area contributed by atoms with Gasteiger partial charge in [-0.2, -0.15) is 0 Å². The molecule has 1 fully saturated rings. The average Bonchev–Trinajstić information content (AvgIpc) is 3.21. The predicted octanol–water partition coefficient (Wildman–Crippen LogP) is 4.95. The molecule has 3 aromatic rings. The molecule has 1 saturated heterocycles. The number of piperazine rings is 1. The van der Waals surface area contributed by atoms with Gasteiger partial charge >= 0.3 is 0 Å². The molecule has 1 aromatic heterocycles. The molecule has 0 unspecified atom stereocenters. The number of thiazole rings is 1. The molecule has 0 saturated carbocycles. The lowest BCUT2D eigenvalue weighted by molar-refractivity contribution is -0.117. The smallest absolute Gasteiger partial charge is 0.238 e. The Bertz CT molecular complexity index is 1040. The van der Waals surface area contributed by atoms with E-state index in [-0.39, 0.29) is 5.91 Å². The first-order chi connectivity index (χ1) is 15.0. The Morgan fingerprint density at radius 2 is 1.74 bits per heavy atom. The van der Waals surface area contributed by atoms with Crippen molar-refractivity contribution in [2.24, 2.45) is 0 Å². The highest BCUT2D eigenvalue weighted by Crippen LogP contribution is 2.27. The molecule has 2 heterocycles. The summed E-state index contributed by atoms with van der Waals surface area (Å²) in [5.41, 5.74) is 5.40. The van der Waals surface area contributed by atoms with Crippen LogP contribution in [0.25, 0.3) is 10.6 Å². The second kappa shape index (κ2) is 10.0. The number of nitrogens with zero attached hydrogens (tertiary/aromatic N) is 3. The lowest BCUT2D eigenvalue weighted by Crippen LogP contribution is -2.48. The van der Waals surface area contributed by atoms with E-state index in [4.69, 9.17) is 4.98 Å². The normalized spacial score (nSPS) is 15.2. The number of nitrogens with one attached hydrogen (secondary N) is 1. The quantitative estimate of drug-likeness (QED) is 0.522. The summed E-state index contributed by atoms with van der Waals surface area (Å²) < 4.78 is 1.07. The molecule has 1 N–H and O–H groups in total. The number of hydrogen-bond donors (Lipinski definition) is 1. The fourth-order valence-electron chi connectivity index (χ4n) is 3.86. The van der Waals surface area contributed by atoms with Crippen LogP contribution in [-0.4, -0.2) is 53.4 Å². The van der Waals surface area contributed by atoms with Gasteiger partial charge in [0.05, 0.1) is 12.2 Å². The number of benzene rings is 2. The number of amides is 1. The first-order valence-corrected chi connectivity index (χ1v) is 12.2. The molecule has 162 valence electrons. The van der Waals surface area contributed by atoms with Gasteiger partial charge in [0.25, 0.3) is 0 Å². The van der Waals surface area contributed by atoms with Gasteiger partial charge in [-0.25, -0.2) is 4.98 Å². The molecule has 0 aliphatic carbocycles. The molecule has 1 aliphatic rings. The fraction of sp³-hybridized carbons (Fsp3) is 0.333. The monoisotopic (exact) mass is 498 g/mol. The third kappa shape index (κ3) is 5.80. The highest BCUT2D eigenvalue weighted by Gasteiger charge is 2.20. The number of rotatable bonds is 6. The minimum atomic E-state index is 0.0593. The molecule has 2 aromatic carbocycles. The van der Waals surface area contributed by atoms with E-state index in [0.29, 0.717) is 6.54 Å². The topological polar surface area (TPSA) is 48.5 Å². The molecule has 0 radical (unpaired) electrons. The molecule has 0 atom stereocenters. The Kier molecular flexibility index (Phi) is 7.17. The summed E-state index contributed by atoms with van der Waals surface area (Å²) in [4.78, 5) is 22.0. The van der Waals surface area contributed by atoms with Crippen molar-refractivity contribution in [3.8, 4) is 10.6 Å². The van der Waals surface area contributed by atoms with Crippen molar-refractivity contribution in [2.45, 2.75) is 20.4 Å². The first-order valence-electron chi connectivity index (χ1n) is 10.5. The second-order valence-electron chi connectivity index (χ2n) is 8.02. The highest BCUT2D eigenvalue weighted by atomic mass is 79.9. The molecule has 1 amide bonds. The molecule has 0 bridgehead atoms. The predicted molar refractivity (Wildman–Crippen MR) is 132 cm³/mol. The number of hydrogen-bond acceptors (Lipinski definition) is 5. The number of carbonyl (C=O) groups is 1. The summed E-state index contributed by atoms with van der Waals surface area (Å²) in [5.74, 6) is 0.0593. The van der Waals surface area contributed by atoms with Gasteiger partial charge in [0.1, 0.15) is 5.01 Å². The Balaban J connectivity index is 1.26. The van der Waals surface area contributed by atoms with Gasteiger partial charge in [-0.05, 0) is 37.1 Å². The third-order valence-corrected chi connectivity index (χ3v) is 7.02. The number of carbonyl (C=O) groups excluding carboxylic acids is 1. The zero-order valence-electron chi connectivity index (χ0n) is 17.9. The largest absolute Gasteiger partial charge is 0.324 e. The zero-order chi connectivity index (χ0) is 21.8. The van der Waals surface area contributed by atoms with Gasteiger partial charge in [-0.15, -0.1) is 11.3 Å². The van der Waals surface area contributed by atoms with E-state index >= 15 is 0 Å². The zero-order valence-corrected chi connectivity index (χ0v) is 20.3. The van der Waals surface area contributed by atoms with Crippen molar-refractivity contribution >= 4 is 38.9 Å². The summed E-state index contributed by atoms with van der Waals surface area (Å²) in [6, 6.07) is 14.3. The summed E-state index contributed by atoms with van der Waals surface area (Å²) in [6.07, 6.45) is 0. The average molecular weight is 499 g/mol. The lowest BCUT2D eigenvalue weighted by atomic mass is 10.1. The summed E-state index contributed by atoms with van der Waals surface area (Å²) in [5, 5.41) is 6.30. The van der Waals surface area contributed by atoms with Crippen LogP contribution in [-0.2, 0) is 11.3 Å². The Morgan fingerprint density at radius 3 is 2.45 bits per heavy atom. The number of aromatic nitrogens is 1. The van der Waals surface area contributed by atoms with E-state index in [9.17, 15) is 4.79 Å². The van der Waals surface area contributed by atoms with Crippen LogP contribution in [0, 0.1) is 13.8 Å². The van der Waals surface area contributed by atoms with Gasteiger partial charge in [-0.3, -0.25) is 14.6 Å². The minimum Gasteiger partial charge on any atom is -0.324 e. The maximum absolute atomic E-state index is 12.5. The molecular formula is C24H27BrN4OS. The third-order valence-electron chi connectivity index (χ3n) is 5.59. The Morgan fingerprint density at radius 1 is 1.06 bits per heavy atom. The van der Waals surface area contributed by atoms with Crippen molar-refractivity contribution < 1.29 is 4.79 Å². The van der Waals surface area contributed by atoms with Crippen LogP contribution in [0.5, 0.6) is 0 Å². The van der Waals surface area contributed by atoms with Gasteiger partial charge in [0, 0.05) is 53.8 Å². The van der Waals surface area contributed by atoms with Crippen LogP contribution in [0.15, 0.2) is 52.3 Å². The van der Waals surface area contributed by atoms with E-state index < -0.39 is 0 Å². The van der Waals surface area contributed by atoms with Gasteiger partial charge in [-0.1, -0.05) is 46.3 Å². The Labute approximate surface area is 196 Å². The van der Waals surface area contributed by atoms with E-state index in [2.05, 4.69) is 48.6 Å². The van der Waals surface area contributed by atoms with E-state index in [1.165, 1.54) is 0 Å². The Hall–Kier alpha value is -2.06. The van der Waals surface area contributed by atoms with Crippen molar-refractivity contribution in [1.29, 1.82) is 0 Å². The minimum absolute atomic E-state index is 0.0593. The van der Waals surface area contributed by atoms with Gasteiger partial charge in [0.15, 0.2) is 0 Å². The van der Waals surface area contributed by atoms with E-state index in [0.717, 1.165) is 70.3 Å². The van der Waals surface area contributed by atoms with Crippen LogP contribution >= 0.6 is 27.3 Å². The summed E-state index contributed by atoms with van der Waals surface area (Å²) >= 11 is 5.22. The van der Waals surface area contributed by atoms with E-state index in [1.54, 1.807) is 11.3 Å². The van der Waals surface area contributed by atoms with Crippen LogP contribution < -0.4 is 5.32 Å². The van der Waals surface area contributed by atoms with Crippen molar-refractivity contribution in [3.05, 3.63) is 69.1 Å². The maximum Gasteiger partial charge on any atom is 0.238 e. The van der Waals surface area contributed by atoms with E-state index in [1.807, 2.05) is 44.2 Å². The van der Waals surface area contributed by atoms with Crippen LogP contribution in [0.4, 0.5) is 5.69 Å². The molecule has 31 heavy (non-hydrogen) atoms. The molecule has 0 spiro atoms. The fourth-order valence-corrected chi connectivity index (χ4v) is 5.07. The summed E-state index contributed by atoms with van der Waals surface area (Å²) in [6.45, 7) is 9.02.